The van der Waals surface area contributed by atoms with Crippen molar-refractivity contribution in [2.45, 2.75) is 6.54 Å². The van der Waals surface area contributed by atoms with Gasteiger partial charge in [0.1, 0.15) is 0 Å². The van der Waals surface area contributed by atoms with Crippen LogP contribution in [0.4, 0.5) is 5.69 Å². The minimum Gasteiger partial charge on any atom is -0.355 e. The van der Waals surface area contributed by atoms with Crippen molar-refractivity contribution in [1.29, 1.82) is 0 Å². The second-order valence-corrected chi connectivity index (χ2v) is 7.06. The second-order valence-electron chi connectivity index (χ2n) is 7.06. The molecule has 0 saturated carbocycles. The van der Waals surface area contributed by atoms with Gasteiger partial charge < -0.3 is 10.6 Å². The van der Waals surface area contributed by atoms with Gasteiger partial charge in [0.05, 0.1) is 17.7 Å². The Hall–Kier alpha value is -4.26. The molecule has 0 saturated heterocycles. The average Bonchev–Trinajstić information content (AvgIpc) is 3.04. The first kappa shape index (κ1) is 20.0. The maximum absolute atomic E-state index is 12.7. The van der Waals surface area contributed by atoms with Gasteiger partial charge >= 0.3 is 0 Å². The van der Waals surface area contributed by atoms with Crippen LogP contribution in [0.3, 0.4) is 0 Å². The van der Waals surface area contributed by atoms with E-state index in [1.54, 1.807) is 72.8 Å². The first-order chi connectivity index (χ1) is 15.0. The molecule has 1 aliphatic rings. The number of amides is 4. The fraction of sp³-hybridized carbons (Fsp3) is 0.0833. The van der Waals surface area contributed by atoms with E-state index in [1.807, 2.05) is 0 Å². The van der Waals surface area contributed by atoms with Crippen molar-refractivity contribution in [2.75, 3.05) is 12.4 Å². The van der Waals surface area contributed by atoms with E-state index in [2.05, 4.69) is 10.6 Å². The van der Waals surface area contributed by atoms with Crippen LogP contribution < -0.4 is 10.6 Å². The molecule has 3 aromatic rings. The summed E-state index contributed by atoms with van der Waals surface area (Å²) in [5.41, 5.74) is 2.71. The molecule has 0 aromatic heterocycles. The van der Waals surface area contributed by atoms with Gasteiger partial charge in [0.2, 0.25) is 0 Å². The highest BCUT2D eigenvalue weighted by atomic mass is 16.2. The highest BCUT2D eigenvalue weighted by molar-refractivity contribution is 6.21. The van der Waals surface area contributed by atoms with Gasteiger partial charge in [-0.1, -0.05) is 30.3 Å². The van der Waals surface area contributed by atoms with Crippen LogP contribution in [0.2, 0.25) is 0 Å². The van der Waals surface area contributed by atoms with Gasteiger partial charge in [-0.2, -0.15) is 0 Å². The van der Waals surface area contributed by atoms with E-state index in [1.165, 1.54) is 11.9 Å². The molecule has 0 unspecified atom stereocenters. The molecule has 31 heavy (non-hydrogen) atoms. The Kier molecular flexibility index (Phi) is 5.32. The summed E-state index contributed by atoms with van der Waals surface area (Å²) in [6.07, 6.45) is 0. The number of nitrogens with one attached hydrogen (secondary N) is 2. The molecule has 4 rings (SSSR count). The zero-order valence-corrected chi connectivity index (χ0v) is 16.7. The standard InChI is InChI=1S/C24H19N3O4/c1-25-21(28)17-8-5-9-18(13-17)26-22(29)16-7-4-6-15(12-16)14-27-23(30)19-10-2-3-11-20(19)24(27)31/h2-13H,14H2,1H3,(H,25,28)(H,26,29). The minimum absolute atomic E-state index is 0.0691. The molecule has 3 aromatic carbocycles. The van der Waals surface area contributed by atoms with E-state index in [0.29, 0.717) is 33.5 Å². The number of hydrogen-bond donors (Lipinski definition) is 2. The smallest absolute Gasteiger partial charge is 0.261 e. The third-order valence-electron chi connectivity index (χ3n) is 5.02. The van der Waals surface area contributed by atoms with Crippen molar-refractivity contribution < 1.29 is 19.2 Å². The number of nitrogens with zero attached hydrogens (tertiary/aromatic N) is 1. The van der Waals surface area contributed by atoms with Crippen molar-refractivity contribution in [3.8, 4) is 0 Å². The predicted octanol–water partition coefficient (Wildman–Crippen LogP) is 3.09. The summed E-state index contributed by atoms with van der Waals surface area (Å²) in [6.45, 7) is 0.0691. The Balaban J connectivity index is 1.50. The molecule has 0 atom stereocenters. The number of fused-ring (bicyclic) bond motifs is 1. The maximum atomic E-state index is 12.7. The average molecular weight is 413 g/mol. The quantitative estimate of drug-likeness (QED) is 0.629. The van der Waals surface area contributed by atoms with Gasteiger partial charge in [-0.25, -0.2) is 0 Å². The van der Waals surface area contributed by atoms with E-state index in [-0.39, 0.29) is 30.2 Å². The molecule has 154 valence electrons. The molecule has 2 N–H and O–H groups in total. The zero-order chi connectivity index (χ0) is 22.0. The second kappa shape index (κ2) is 8.23. The first-order valence-electron chi connectivity index (χ1n) is 9.65. The van der Waals surface area contributed by atoms with E-state index in [9.17, 15) is 19.2 Å². The van der Waals surface area contributed by atoms with Gasteiger partial charge in [0.15, 0.2) is 0 Å². The number of hydrogen-bond acceptors (Lipinski definition) is 4. The van der Waals surface area contributed by atoms with Crippen LogP contribution >= 0.6 is 0 Å². The normalized spacial score (nSPS) is 12.5. The largest absolute Gasteiger partial charge is 0.355 e. The molecule has 0 bridgehead atoms. The minimum atomic E-state index is -0.363. The lowest BCUT2D eigenvalue weighted by Gasteiger charge is -2.14. The summed E-state index contributed by atoms with van der Waals surface area (Å²) < 4.78 is 0. The molecule has 7 nitrogen and oxygen atoms in total. The monoisotopic (exact) mass is 413 g/mol. The van der Waals surface area contributed by atoms with Crippen LogP contribution in [-0.4, -0.2) is 35.6 Å². The Morgan fingerprint density at radius 3 is 2.03 bits per heavy atom. The maximum Gasteiger partial charge on any atom is 0.261 e. The summed E-state index contributed by atoms with van der Waals surface area (Å²) in [6, 6.07) is 20.0. The summed E-state index contributed by atoms with van der Waals surface area (Å²) >= 11 is 0. The Morgan fingerprint density at radius 1 is 0.774 bits per heavy atom. The predicted molar refractivity (Wildman–Crippen MR) is 115 cm³/mol. The van der Waals surface area contributed by atoms with Crippen molar-refractivity contribution in [3.63, 3.8) is 0 Å². The van der Waals surface area contributed by atoms with Gasteiger partial charge in [-0.3, -0.25) is 24.1 Å². The molecule has 1 aliphatic heterocycles. The van der Waals surface area contributed by atoms with Crippen molar-refractivity contribution in [2.24, 2.45) is 0 Å². The van der Waals surface area contributed by atoms with Crippen molar-refractivity contribution in [3.05, 3.63) is 101 Å². The van der Waals surface area contributed by atoms with Crippen molar-refractivity contribution >= 4 is 29.3 Å². The number of carbonyl (C=O) groups excluding carboxylic acids is 4. The summed E-state index contributed by atoms with van der Waals surface area (Å²) in [4.78, 5) is 50.8. The number of anilines is 1. The van der Waals surface area contributed by atoms with Gasteiger partial charge in [-0.15, -0.1) is 0 Å². The van der Waals surface area contributed by atoms with Gasteiger partial charge in [0, 0.05) is 23.9 Å². The van der Waals surface area contributed by atoms with E-state index in [0.717, 1.165) is 0 Å². The van der Waals surface area contributed by atoms with Crippen LogP contribution in [0, 0.1) is 0 Å². The number of rotatable bonds is 5. The Bertz CT molecular complexity index is 1180. The zero-order valence-electron chi connectivity index (χ0n) is 16.7. The summed E-state index contributed by atoms with van der Waals surface area (Å²) in [5.74, 6) is -1.31. The summed E-state index contributed by atoms with van der Waals surface area (Å²) in [5, 5.41) is 5.30. The van der Waals surface area contributed by atoms with Gasteiger partial charge in [-0.05, 0) is 48.0 Å². The molecule has 0 radical (unpaired) electrons. The van der Waals surface area contributed by atoms with Crippen LogP contribution in [-0.2, 0) is 6.54 Å². The summed E-state index contributed by atoms with van der Waals surface area (Å²) in [7, 11) is 1.54. The lowest BCUT2D eigenvalue weighted by atomic mass is 10.1. The van der Waals surface area contributed by atoms with E-state index in [4.69, 9.17) is 0 Å². The number of carbonyl (C=O) groups is 4. The molecular formula is C24H19N3O4. The Labute approximate surface area is 178 Å². The topological polar surface area (TPSA) is 95.6 Å². The third kappa shape index (κ3) is 3.93. The molecule has 1 heterocycles. The number of imide groups is 1. The van der Waals surface area contributed by atoms with Gasteiger partial charge in [0.25, 0.3) is 23.6 Å². The fourth-order valence-corrected chi connectivity index (χ4v) is 3.46. The van der Waals surface area contributed by atoms with Crippen LogP contribution in [0.5, 0.6) is 0 Å². The lowest BCUT2D eigenvalue weighted by molar-refractivity contribution is 0.0642. The third-order valence-corrected chi connectivity index (χ3v) is 5.02. The number of benzene rings is 3. The fourth-order valence-electron chi connectivity index (χ4n) is 3.46. The highest BCUT2D eigenvalue weighted by Gasteiger charge is 2.34. The first-order valence-corrected chi connectivity index (χ1v) is 9.65. The SMILES string of the molecule is CNC(=O)c1cccc(NC(=O)c2cccc(CN3C(=O)c4ccccc4C3=O)c2)c1. The Morgan fingerprint density at radius 2 is 1.39 bits per heavy atom. The molecule has 4 amide bonds. The molecular weight excluding hydrogens is 394 g/mol. The lowest BCUT2D eigenvalue weighted by Crippen LogP contribution is -2.29. The van der Waals surface area contributed by atoms with E-state index >= 15 is 0 Å². The molecule has 0 spiro atoms. The molecule has 7 heteroatoms. The van der Waals surface area contributed by atoms with Crippen molar-refractivity contribution in [1.82, 2.24) is 10.2 Å². The van der Waals surface area contributed by atoms with Crippen LogP contribution in [0.15, 0.2) is 72.8 Å². The molecule has 0 fully saturated rings. The van der Waals surface area contributed by atoms with Crippen LogP contribution in [0.25, 0.3) is 0 Å². The molecule has 0 aliphatic carbocycles. The van der Waals surface area contributed by atoms with E-state index < -0.39 is 0 Å². The highest BCUT2D eigenvalue weighted by Crippen LogP contribution is 2.24. The van der Waals surface area contributed by atoms with Crippen LogP contribution in [0.1, 0.15) is 47.0 Å².